The van der Waals surface area contributed by atoms with E-state index in [4.69, 9.17) is 21.1 Å². The molecule has 0 aliphatic rings. The van der Waals surface area contributed by atoms with Crippen molar-refractivity contribution in [2.75, 3.05) is 20.8 Å². The molecule has 8 heteroatoms. The highest BCUT2D eigenvalue weighted by molar-refractivity contribution is 6.32. The van der Waals surface area contributed by atoms with Crippen molar-refractivity contribution in [2.45, 2.75) is 6.92 Å². The molecule has 0 spiro atoms. The minimum atomic E-state index is -0.538. The summed E-state index contributed by atoms with van der Waals surface area (Å²) in [7, 11) is 2.69. The van der Waals surface area contributed by atoms with Crippen molar-refractivity contribution < 1.29 is 23.8 Å². The van der Waals surface area contributed by atoms with E-state index in [1.165, 1.54) is 27.4 Å². The number of rotatable bonds is 6. The maximum absolute atomic E-state index is 11.1. The highest BCUT2D eigenvalue weighted by Gasteiger charge is 2.13. The lowest BCUT2D eigenvalue weighted by molar-refractivity contribution is -0.142. The van der Waals surface area contributed by atoms with Gasteiger partial charge in [0.15, 0.2) is 18.1 Å². The van der Waals surface area contributed by atoms with Gasteiger partial charge in [-0.2, -0.15) is 5.10 Å². The number of hydrogen-bond donors (Lipinski definition) is 1. The zero-order valence-corrected chi connectivity index (χ0v) is 12.6. The van der Waals surface area contributed by atoms with Crippen molar-refractivity contribution in [3.8, 4) is 11.5 Å². The molecule has 0 heterocycles. The first-order valence-electron chi connectivity index (χ1n) is 5.84. The molecule has 0 atom stereocenters. The molecule has 0 aliphatic heterocycles. The fourth-order valence-corrected chi connectivity index (χ4v) is 1.62. The van der Waals surface area contributed by atoms with Gasteiger partial charge in [-0.05, 0) is 17.7 Å². The van der Waals surface area contributed by atoms with Crippen LogP contribution in [0.2, 0.25) is 5.02 Å². The van der Waals surface area contributed by atoms with E-state index < -0.39 is 5.97 Å². The van der Waals surface area contributed by atoms with Crippen LogP contribution in [-0.2, 0) is 14.3 Å². The van der Waals surface area contributed by atoms with E-state index in [1.807, 2.05) is 0 Å². The van der Waals surface area contributed by atoms with Crippen molar-refractivity contribution in [2.24, 2.45) is 5.10 Å². The normalized spacial score (nSPS) is 10.3. The van der Waals surface area contributed by atoms with Crippen LogP contribution in [0.4, 0.5) is 0 Å². The summed E-state index contributed by atoms with van der Waals surface area (Å²) in [4.78, 5) is 21.8. The van der Waals surface area contributed by atoms with Gasteiger partial charge >= 0.3 is 5.97 Å². The lowest BCUT2D eigenvalue weighted by Crippen LogP contribution is -2.13. The maximum Gasteiger partial charge on any atom is 0.343 e. The molecule has 1 aromatic carbocycles. The monoisotopic (exact) mass is 314 g/mol. The van der Waals surface area contributed by atoms with Crippen LogP contribution in [0, 0.1) is 0 Å². The number of esters is 1. The number of amides is 1. The third-order valence-corrected chi connectivity index (χ3v) is 2.53. The van der Waals surface area contributed by atoms with Crippen LogP contribution < -0.4 is 14.9 Å². The first-order valence-corrected chi connectivity index (χ1v) is 6.22. The molecule has 1 amide bonds. The Morgan fingerprint density at radius 2 is 2.10 bits per heavy atom. The average molecular weight is 315 g/mol. The topological polar surface area (TPSA) is 86.2 Å². The highest BCUT2D eigenvalue weighted by atomic mass is 35.5. The molecule has 0 unspecified atom stereocenters. The molecule has 0 aliphatic carbocycles. The number of nitrogens with zero attached hydrogens (tertiary/aromatic N) is 1. The van der Waals surface area contributed by atoms with Gasteiger partial charge in [0.05, 0.1) is 25.5 Å². The summed E-state index contributed by atoms with van der Waals surface area (Å²) in [6.07, 6.45) is 1.40. The van der Waals surface area contributed by atoms with E-state index in [-0.39, 0.29) is 23.3 Å². The first-order chi connectivity index (χ1) is 9.97. The van der Waals surface area contributed by atoms with Crippen molar-refractivity contribution >= 4 is 29.7 Å². The van der Waals surface area contributed by atoms with E-state index >= 15 is 0 Å². The standard InChI is InChI=1S/C13H15ClN2O5/c1-8(17)16-15-6-9-4-10(14)13(11(5-9)19-2)21-7-12(18)20-3/h4-6H,7H2,1-3H3,(H,16,17)/b15-6-. The molecule has 7 nitrogen and oxygen atoms in total. The van der Waals surface area contributed by atoms with Gasteiger partial charge in [0, 0.05) is 6.92 Å². The van der Waals surface area contributed by atoms with Crippen LogP contribution in [0.3, 0.4) is 0 Å². The van der Waals surface area contributed by atoms with Crippen molar-refractivity contribution in [1.82, 2.24) is 5.43 Å². The molecule has 1 rings (SSSR count). The molecule has 1 N–H and O–H groups in total. The maximum atomic E-state index is 11.1. The number of halogens is 1. The average Bonchev–Trinajstić information content (AvgIpc) is 2.44. The molecule has 21 heavy (non-hydrogen) atoms. The van der Waals surface area contributed by atoms with E-state index in [0.717, 1.165) is 0 Å². The van der Waals surface area contributed by atoms with Crippen LogP contribution in [0.15, 0.2) is 17.2 Å². The molecular weight excluding hydrogens is 300 g/mol. The van der Waals surface area contributed by atoms with Crippen molar-refractivity contribution in [3.05, 3.63) is 22.7 Å². The predicted octanol–water partition coefficient (Wildman–Crippen LogP) is 1.37. The summed E-state index contributed by atoms with van der Waals surface area (Å²) in [5, 5.41) is 3.96. The van der Waals surface area contributed by atoms with Crippen LogP contribution in [0.5, 0.6) is 11.5 Å². The van der Waals surface area contributed by atoms with Gasteiger partial charge in [-0.25, -0.2) is 10.2 Å². The van der Waals surface area contributed by atoms with Crippen LogP contribution in [0.25, 0.3) is 0 Å². The molecule has 1 aromatic rings. The van der Waals surface area contributed by atoms with E-state index in [2.05, 4.69) is 15.3 Å². The van der Waals surface area contributed by atoms with Crippen LogP contribution in [-0.4, -0.2) is 38.9 Å². The number of carbonyl (C=O) groups excluding carboxylic acids is 2. The van der Waals surface area contributed by atoms with E-state index in [9.17, 15) is 9.59 Å². The number of methoxy groups -OCH3 is 2. The summed E-state index contributed by atoms with van der Waals surface area (Å²) >= 11 is 6.08. The van der Waals surface area contributed by atoms with Gasteiger partial charge in [0.25, 0.3) is 0 Å². The number of benzene rings is 1. The molecule has 0 fully saturated rings. The predicted molar refractivity (Wildman–Crippen MR) is 76.9 cm³/mol. The molecule has 0 bridgehead atoms. The lowest BCUT2D eigenvalue weighted by atomic mass is 10.2. The van der Waals surface area contributed by atoms with Gasteiger partial charge in [-0.15, -0.1) is 0 Å². The molecule has 114 valence electrons. The Morgan fingerprint density at radius 1 is 1.38 bits per heavy atom. The Morgan fingerprint density at radius 3 is 2.67 bits per heavy atom. The quantitative estimate of drug-likeness (QED) is 0.487. The second kappa shape index (κ2) is 8.11. The van der Waals surface area contributed by atoms with Crippen molar-refractivity contribution in [1.29, 1.82) is 0 Å². The van der Waals surface area contributed by atoms with E-state index in [1.54, 1.807) is 12.1 Å². The fraction of sp³-hybridized carbons (Fsp3) is 0.308. The third-order valence-electron chi connectivity index (χ3n) is 2.25. The molecular formula is C13H15ClN2O5. The van der Waals surface area contributed by atoms with Gasteiger partial charge in [0.1, 0.15) is 0 Å². The highest BCUT2D eigenvalue weighted by Crippen LogP contribution is 2.36. The largest absolute Gasteiger partial charge is 0.493 e. The third kappa shape index (κ3) is 5.31. The van der Waals surface area contributed by atoms with Gasteiger partial charge in [0.2, 0.25) is 5.91 Å². The minimum absolute atomic E-state index is 0.223. The Bertz CT molecular complexity index is 560. The number of hydrogen-bond acceptors (Lipinski definition) is 6. The van der Waals surface area contributed by atoms with Gasteiger partial charge in [-0.3, -0.25) is 4.79 Å². The second-order valence-electron chi connectivity index (χ2n) is 3.83. The number of ether oxygens (including phenoxy) is 3. The summed E-state index contributed by atoms with van der Waals surface area (Å²) in [6, 6.07) is 3.16. The number of carbonyl (C=O) groups is 2. The van der Waals surface area contributed by atoms with Gasteiger partial charge in [-0.1, -0.05) is 11.6 Å². The first kappa shape index (κ1) is 16.8. The smallest absolute Gasteiger partial charge is 0.343 e. The summed E-state index contributed by atoms with van der Waals surface area (Å²) in [5.41, 5.74) is 2.86. The van der Waals surface area contributed by atoms with Gasteiger partial charge < -0.3 is 14.2 Å². The zero-order valence-electron chi connectivity index (χ0n) is 11.8. The molecule has 0 aromatic heterocycles. The van der Waals surface area contributed by atoms with Crippen molar-refractivity contribution in [3.63, 3.8) is 0 Å². The SMILES string of the molecule is COC(=O)COc1c(Cl)cc(/C=N\NC(C)=O)cc1OC. The van der Waals surface area contributed by atoms with Crippen LogP contribution >= 0.6 is 11.6 Å². The molecule has 0 saturated heterocycles. The van der Waals surface area contributed by atoms with E-state index in [0.29, 0.717) is 11.3 Å². The summed E-state index contributed by atoms with van der Waals surface area (Å²) in [6.45, 7) is 1.06. The Labute approximate surface area is 126 Å². The Balaban J connectivity index is 2.93. The summed E-state index contributed by atoms with van der Waals surface area (Å²) < 4.78 is 14.9. The van der Waals surface area contributed by atoms with Crippen LogP contribution in [0.1, 0.15) is 12.5 Å². The zero-order chi connectivity index (χ0) is 15.8. The Hall–Kier alpha value is -2.28. The minimum Gasteiger partial charge on any atom is -0.493 e. The second-order valence-corrected chi connectivity index (χ2v) is 4.23. The number of hydrazone groups is 1. The Kier molecular flexibility index (Phi) is 6.48. The summed E-state index contributed by atoms with van der Waals surface area (Å²) in [5.74, 6) is -0.274. The molecule has 0 saturated carbocycles. The lowest BCUT2D eigenvalue weighted by Gasteiger charge is -2.12. The molecule has 0 radical (unpaired) electrons. The number of nitrogens with one attached hydrogen (secondary N) is 1. The fourth-order valence-electron chi connectivity index (χ4n) is 1.34.